The predicted octanol–water partition coefficient (Wildman–Crippen LogP) is 0.398. The third kappa shape index (κ3) is 3.25. The third-order valence-electron chi connectivity index (χ3n) is 4.69. The maximum Gasteiger partial charge on any atom is 0.267 e. The predicted molar refractivity (Wildman–Crippen MR) is 79.8 cm³/mol. The van der Waals surface area contributed by atoms with Crippen molar-refractivity contribution in [3.8, 4) is 0 Å². The number of hydrogen-bond acceptors (Lipinski definition) is 4. The Labute approximate surface area is 128 Å². The van der Waals surface area contributed by atoms with Crippen LogP contribution in [-0.2, 0) is 20.7 Å². The zero-order valence-electron chi connectivity index (χ0n) is 12.9. The molecule has 2 aliphatic rings. The molecule has 0 radical (unpaired) electrons. The number of hydrogen-bond donors (Lipinski definition) is 3. The van der Waals surface area contributed by atoms with E-state index < -0.39 is 0 Å². The SMILES string of the molecule is Cc1[nH][nH]c(=O)c1CC(=O)N[C@@H]1CCOC2(CCOCC2)C1. The summed E-state index contributed by atoms with van der Waals surface area (Å²) in [6, 6.07) is 0.109. The summed E-state index contributed by atoms with van der Waals surface area (Å²) in [5.74, 6) is -0.109. The molecule has 1 aromatic heterocycles. The van der Waals surface area contributed by atoms with Crippen molar-refractivity contribution in [2.24, 2.45) is 0 Å². The fourth-order valence-electron chi connectivity index (χ4n) is 3.37. The summed E-state index contributed by atoms with van der Waals surface area (Å²) in [6.45, 7) is 3.89. The lowest BCUT2D eigenvalue weighted by Crippen LogP contribution is -2.51. The smallest absolute Gasteiger partial charge is 0.267 e. The van der Waals surface area contributed by atoms with E-state index in [1.54, 1.807) is 6.92 Å². The van der Waals surface area contributed by atoms with Crippen LogP contribution in [0.4, 0.5) is 0 Å². The molecule has 0 aliphatic carbocycles. The molecule has 7 heteroatoms. The summed E-state index contributed by atoms with van der Waals surface area (Å²) in [6.07, 6.45) is 3.52. The van der Waals surface area contributed by atoms with E-state index in [1.807, 2.05) is 0 Å². The molecule has 0 aromatic carbocycles. The highest BCUT2D eigenvalue weighted by Crippen LogP contribution is 2.34. The quantitative estimate of drug-likeness (QED) is 0.753. The molecule has 0 bridgehead atoms. The fraction of sp³-hybridized carbons (Fsp3) is 0.733. The van der Waals surface area contributed by atoms with Crippen LogP contribution >= 0.6 is 0 Å². The lowest BCUT2D eigenvalue weighted by atomic mass is 9.84. The highest BCUT2D eigenvalue weighted by Gasteiger charge is 2.39. The van der Waals surface area contributed by atoms with Crippen LogP contribution in [0.3, 0.4) is 0 Å². The number of aryl methyl sites for hydroxylation is 1. The van der Waals surface area contributed by atoms with Gasteiger partial charge in [0.25, 0.3) is 5.56 Å². The van der Waals surface area contributed by atoms with E-state index in [0.29, 0.717) is 17.9 Å². The summed E-state index contributed by atoms with van der Waals surface area (Å²) < 4.78 is 11.4. The second-order valence-corrected chi connectivity index (χ2v) is 6.26. The van der Waals surface area contributed by atoms with E-state index in [-0.39, 0.29) is 29.5 Å². The molecule has 1 spiro atoms. The van der Waals surface area contributed by atoms with Gasteiger partial charge in [-0.3, -0.25) is 14.7 Å². The molecule has 1 amide bonds. The van der Waals surface area contributed by atoms with Crippen LogP contribution in [0.15, 0.2) is 4.79 Å². The van der Waals surface area contributed by atoms with E-state index in [9.17, 15) is 9.59 Å². The molecular formula is C15H23N3O4. The molecule has 1 atom stereocenters. The Morgan fingerprint density at radius 1 is 1.32 bits per heavy atom. The maximum absolute atomic E-state index is 12.2. The number of carbonyl (C=O) groups is 1. The van der Waals surface area contributed by atoms with Crippen LogP contribution < -0.4 is 10.9 Å². The minimum atomic E-state index is -0.222. The first-order chi connectivity index (χ1) is 10.6. The normalized spacial score (nSPS) is 24.3. The standard InChI is InChI=1S/C15H23N3O4/c1-10-12(14(20)18-17-10)8-13(19)16-11-2-5-22-15(9-11)3-6-21-7-4-15/h11H,2-9H2,1H3,(H,16,19)(H2,17,18,20)/t11-/m1/s1. The van der Waals surface area contributed by atoms with Crippen LogP contribution in [0.2, 0.25) is 0 Å². The van der Waals surface area contributed by atoms with E-state index in [1.165, 1.54) is 0 Å². The van der Waals surface area contributed by atoms with Gasteiger partial charge in [0, 0.05) is 37.1 Å². The Hall–Kier alpha value is -1.60. The molecule has 2 fully saturated rings. The average Bonchev–Trinajstić information content (AvgIpc) is 2.80. The molecule has 7 nitrogen and oxygen atoms in total. The number of aromatic amines is 2. The first kappa shape index (κ1) is 15.3. The van der Waals surface area contributed by atoms with Gasteiger partial charge in [0.15, 0.2) is 0 Å². The highest BCUT2D eigenvalue weighted by molar-refractivity contribution is 5.79. The van der Waals surface area contributed by atoms with Crippen molar-refractivity contribution in [1.82, 2.24) is 15.5 Å². The molecule has 1 aromatic rings. The Bertz CT molecular complexity index is 580. The van der Waals surface area contributed by atoms with Crippen molar-refractivity contribution in [3.05, 3.63) is 21.6 Å². The van der Waals surface area contributed by atoms with Crippen molar-refractivity contribution in [2.75, 3.05) is 19.8 Å². The van der Waals surface area contributed by atoms with Gasteiger partial charge in [-0.05, 0) is 32.6 Å². The summed E-state index contributed by atoms with van der Waals surface area (Å²) >= 11 is 0. The lowest BCUT2D eigenvalue weighted by Gasteiger charge is -2.43. The van der Waals surface area contributed by atoms with E-state index in [4.69, 9.17) is 9.47 Å². The Balaban J connectivity index is 1.58. The minimum absolute atomic E-state index is 0.109. The first-order valence-electron chi connectivity index (χ1n) is 7.85. The second-order valence-electron chi connectivity index (χ2n) is 6.26. The third-order valence-corrected chi connectivity index (χ3v) is 4.69. The summed E-state index contributed by atoms with van der Waals surface area (Å²) in [5, 5.41) is 8.30. The molecule has 3 rings (SSSR count). The van der Waals surface area contributed by atoms with Gasteiger partial charge in [-0.1, -0.05) is 0 Å². The van der Waals surface area contributed by atoms with Gasteiger partial charge in [0.1, 0.15) is 0 Å². The van der Waals surface area contributed by atoms with Crippen molar-refractivity contribution in [3.63, 3.8) is 0 Å². The van der Waals surface area contributed by atoms with E-state index in [0.717, 1.165) is 38.9 Å². The van der Waals surface area contributed by atoms with Gasteiger partial charge in [-0.15, -0.1) is 0 Å². The van der Waals surface area contributed by atoms with Gasteiger partial charge < -0.3 is 19.9 Å². The van der Waals surface area contributed by atoms with Gasteiger partial charge in [0.05, 0.1) is 12.0 Å². The monoisotopic (exact) mass is 309 g/mol. The number of nitrogens with one attached hydrogen (secondary N) is 3. The number of carbonyl (C=O) groups excluding carboxylic acids is 1. The van der Waals surface area contributed by atoms with Crippen molar-refractivity contribution in [2.45, 2.75) is 50.7 Å². The molecule has 2 saturated heterocycles. The van der Waals surface area contributed by atoms with Crippen LogP contribution in [0.1, 0.15) is 36.9 Å². The van der Waals surface area contributed by atoms with Gasteiger partial charge >= 0.3 is 0 Å². The molecule has 3 heterocycles. The van der Waals surface area contributed by atoms with Crippen LogP contribution in [0.5, 0.6) is 0 Å². The molecule has 0 unspecified atom stereocenters. The molecular weight excluding hydrogens is 286 g/mol. The van der Waals surface area contributed by atoms with E-state index in [2.05, 4.69) is 15.5 Å². The summed E-state index contributed by atoms with van der Waals surface area (Å²) in [4.78, 5) is 23.8. The number of ether oxygens (including phenoxy) is 2. The molecule has 2 aliphatic heterocycles. The fourth-order valence-corrected chi connectivity index (χ4v) is 3.37. The maximum atomic E-state index is 12.2. The topological polar surface area (TPSA) is 96.2 Å². The molecule has 3 N–H and O–H groups in total. The number of H-pyrrole nitrogens is 2. The molecule has 122 valence electrons. The van der Waals surface area contributed by atoms with Crippen LogP contribution in [0, 0.1) is 6.92 Å². The average molecular weight is 309 g/mol. The zero-order chi connectivity index (χ0) is 15.6. The lowest BCUT2D eigenvalue weighted by molar-refractivity contribution is -0.143. The van der Waals surface area contributed by atoms with Crippen molar-refractivity contribution in [1.29, 1.82) is 0 Å². The van der Waals surface area contributed by atoms with Crippen LogP contribution in [0.25, 0.3) is 0 Å². The second kappa shape index (κ2) is 6.26. The first-order valence-corrected chi connectivity index (χ1v) is 7.85. The number of rotatable bonds is 3. The summed E-state index contributed by atoms with van der Waals surface area (Å²) in [7, 11) is 0. The van der Waals surface area contributed by atoms with Gasteiger partial charge in [0.2, 0.25) is 5.91 Å². The highest BCUT2D eigenvalue weighted by atomic mass is 16.5. The van der Waals surface area contributed by atoms with Crippen molar-refractivity contribution < 1.29 is 14.3 Å². The summed E-state index contributed by atoms with van der Waals surface area (Å²) in [5.41, 5.74) is 0.856. The minimum Gasteiger partial charge on any atom is -0.381 e. The van der Waals surface area contributed by atoms with E-state index >= 15 is 0 Å². The number of amides is 1. The molecule has 22 heavy (non-hydrogen) atoms. The number of aromatic nitrogens is 2. The molecule has 0 saturated carbocycles. The Morgan fingerprint density at radius 2 is 2.09 bits per heavy atom. The largest absolute Gasteiger partial charge is 0.381 e. The van der Waals surface area contributed by atoms with Gasteiger partial charge in [-0.2, -0.15) is 0 Å². The zero-order valence-corrected chi connectivity index (χ0v) is 12.9. The Morgan fingerprint density at radius 3 is 2.77 bits per heavy atom. The van der Waals surface area contributed by atoms with Crippen molar-refractivity contribution >= 4 is 5.91 Å². The Kier molecular flexibility index (Phi) is 4.35. The van der Waals surface area contributed by atoms with Crippen LogP contribution in [-0.4, -0.2) is 47.6 Å². The van der Waals surface area contributed by atoms with Gasteiger partial charge in [-0.25, -0.2) is 0 Å².